The number of nitrogens with one attached hydrogen (secondary N) is 1. The van der Waals surface area contributed by atoms with E-state index in [0.717, 1.165) is 0 Å². The Bertz CT molecular complexity index is 842. The first kappa shape index (κ1) is 12.7. The Morgan fingerprint density at radius 2 is 2.10 bits per heavy atom. The number of carbonyl (C=O) groups excluding carboxylic acids is 1. The molecule has 1 amide bonds. The van der Waals surface area contributed by atoms with Gasteiger partial charge in [0.25, 0.3) is 5.91 Å². The van der Waals surface area contributed by atoms with Crippen LogP contribution in [0.25, 0.3) is 5.52 Å². The summed E-state index contributed by atoms with van der Waals surface area (Å²) in [6.07, 6.45) is 7.45. The van der Waals surface area contributed by atoms with Gasteiger partial charge in [0.15, 0.2) is 0 Å². The lowest BCUT2D eigenvalue weighted by Gasteiger charge is -2.04. The number of hydrogen-bond donors (Lipinski definition) is 2. The quantitative estimate of drug-likeness (QED) is 0.744. The number of anilines is 1. The average molecular weight is 283 g/mol. The molecule has 3 aromatic heterocycles. The zero-order valence-electron chi connectivity index (χ0n) is 10.6. The number of fused-ring (bicyclic) bond motifs is 1. The largest absolute Gasteiger partial charge is 0.477 e. The third kappa shape index (κ3) is 2.41. The second-order valence-electron chi connectivity index (χ2n) is 4.15. The maximum Gasteiger partial charge on any atom is 0.354 e. The van der Waals surface area contributed by atoms with Gasteiger partial charge in [0, 0.05) is 24.3 Å². The molecule has 104 valence electrons. The van der Waals surface area contributed by atoms with E-state index in [1.807, 2.05) is 0 Å². The van der Waals surface area contributed by atoms with Gasteiger partial charge >= 0.3 is 5.97 Å². The number of rotatable bonds is 3. The normalized spacial score (nSPS) is 10.5. The fraction of sp³-hybridized carbons (Fsp3) is 0. The molecule has 0 aliphatic heterocycles. The molecule has 0 fully saturated rings. The Morgan fingerprint density at radius 3 is 2.90 bits per heavy atom. The molecule has 0 saturated heterocycles. The summed E-state index contributed by atoms with van der Waals surface area (Å²) in [5.74, 6) is -1.56. The first-order valence-electron chi connectivity index (χ1n) is 5.93. The molecule has 0 saturated carbocycles. The van der Waals surface area contributed by atoms with Crippen LogP contribution in [0.2, 0.25) is 0 Å². The van der Waals surface area contributed by atoms with Gasteiger partial charge in [-0.15, -0.1) is 0 Å². The third-order valence-corrected chi connectivity index (χ3v) is 2.81. The highest BCUT2D eigenvalue weighted by atomic mass is 16.4. The van der Waals surface area contributed by atoms with Gasteiger partial charge in [-0.05, 0) is 12.1 Å². The molecule has 2 N–H and O–H groups in total. The van der Waals surface area contributed by atoms with E-state index in [-0.39, 0.29) is 5.69 Å². The molecule has 21 heavy (non-hydrogen) atoms. The van der Waals surface area contributed by atoms with Crippen LogP contribution in [0.5, 0.6) is 0 Å². The van der Waals surface area contributed by atoms with E-state index in [9.17, 15) is 9.59 Å². The van der Waals surface area contributed by atoms with Gasteiger partial charge in [-0.2, -0.15) is 5.10 Å². The van der Waals surface area contributed by atoms with Crippen molar-refractivity contribution in [2.75, 3.05) is 5.32 Å². The molecule has 0 aromatic carbocycles. The highest BCUT2D eigenvalue weighted by molar-refractivity contribution is 6.08. The van der Waals surface area contributed by atoms with Gasteiger partial charge in [-0.1, -0.05) is 0 Å². The number of carbonyl (C=O) groups is 2. The number of aromatic nitrogens is 4. The summed E-state index contributed by atoms with van der Waals surface area (Å²) in [6, 6.07) is 2.79. The van der Waals surface area contributed by atoms with Crippen molar-refractivity contribution in [3.63, 3.8) is 0 Å². The zero-order chi connectivity index (χ0) is 14.8. The number of carboxylic acid groups (broad SMARTS) is 1. The van der Waals surface area contributed by atoms with Crippen molar-refractivity contribution in [1.82, 2.24) is 19.6 Å². The van der Waals surface area contributed by atoms with Crippen molar-refractivity contribution < 1.29 is 14.7 Å². The lowest BCUT2D eigenvalue weighted by Crippen LogP contribution is -2.12. The van der Waals surface area contributed by atoms with E-state index in [0.29, 0.717) is 16.8 Å². The minimum absolute atomic E-state index is 0.144. The maximum atomic E-state index is 12.2. The van der Waals surface area contributed by atoms with Crippen LogP contribution in [0.15, 0.2) is 43.1 Å². The van der Waals surface area contributed by atoms with Crippen LogP contribution >= 0.6 is 0 Å². The average Bonchev–Trinajstić information content (AvgIpc) is 2.91. The van der Waals surface area contributed by atoms with E-state index >= 15 is 0 Å². The molecule has 3 heterocycles. The highest BCUT2D eigenvalue weighted by Gasteiger charge is 2.14. The second-order valence-corrected chi connectivity index (χ2v) is 4.15. The number of carboxylic acids is 1. The minimum atomic E-state index is -1.16. The smallest absolute Gasteiger partial charge is 0.354 e. The molecule has 0 aliphatic carbocycles. The van der Waals surface area contributed by atoms with Crippen molar-refractivity contribution in [3.05, 3.63) is 54.4 Å². The molecule has 8 heteroatoms. The Morgan fingerprint density at radius 1 is 1.24 bits per heavy atom. The Kier molecular flexibility index (Phi) is 3.03. The molecular weight excluding hydrogens is 274 g/mol. The Labute approximate surface area is 118 Å². The molecular formula is C13H9N5O3. The van der Waals surface area contributed by atoms with Gasteiger partial charge < -0.3 is 10.4 Å². The molecule has 0 unspecified atom stereocenters. The van der Waals surface area contributed by atoms with Crippen molar-refractivity contribution >= 4 is 23.1 Å². The molecule has 0 spiro atoms. The maximum absolute atomic E-state index is 12.2. The van der Waals surface area contributed by atoms with Crippen LogP contribution in [0, 0.1) is 0 Å². The first-order chi connectivity index (χ1) is 10.1. The molecule has 0 aliphatic rings. The van der Waals surface area contributed by atoms with Gasteiger partial charge in [0.2, 0.25) is 0 Å². The summed E-state index contributed by atoms with van der Waals surface area (Å²) in [7, 11) is 0. The molecule has 3 aromatic rings. The Balaban J connectivity index is 1.90. The SMILES string of the molecule is O=C(O)c1cc(NC(=O)c2cnn3ccncc23)ccn1. The van der Waals surface area contributed by atoms with E-state index < -0.39 is 11.9 Å². The van der Waals surface area contributed by atoms with Crippen molar-refractivity contribution in [2.24, 2.45) is 0 Å². The molecule has 0 bridgehead atoms. The minimum Gasteiger partial charge on any atom is -0.477 e. The van der Waals surface area contributed by atoms with Crippen LogP contribution in [0.3, 0.4) is 0 Å². The summed E-state index contributed by atoms with van der Waals surface area (Å²) in [4.78, 5) is 30.7. The summed E-state index contributed by atoms with van der Waals surface area (Å²) < 4.78 is 1.52. The van der Waals surface area contributed by atoms with Gasteiger partial charge in [0.1, 0.15) is 5.69 Å². The first-order valence-corrected chi connectivity index (χ1v) is 5.93. The van der Waals surface area contributed by atoms with E-state index in [2.05, 4.69) is 20.4 Å². The monoisotopic (exact) mass is 283 g/mol. The van der Waals surface area contributed by atoms with E-state index in [1.165, 1.54) is 35.2 Å². The summed E-state index contributed by atoms with van der Waals surface area (Å²) in [5.41, 5.74) is 1.10. The number of hydrogen-bond acceptors (Lipinski definition) is 5. The van der Waals surface area contributed by atoms with Gasteiger partial charge in [0.05, 0.1) is 23.5 Å². The van der Waals surface area contributed by atoms with Crippen molar-refractivity contribution in [3.8, 4) is 0 Å². The summed E-state index contributed by atoms with van der Waals surface area (Å²) >= 11 is 0. The fourth-order valence-corrected chi connectivity index (χ4v) is 1.83. The van der Waals surface area contributed by atoms with E-state index in [1.54, 1.807) is 12.4 Å². The number of pyridine rings is 1. The van der Waals surface area contributed by atoms with E-state index in [4.69, 9.17) is 5.11 Å². The number of amides is 1. The lowest BCUT2D eigenvalue weighted by molar-refractivity contribution is 0.0690. The van der Waals surface area contributed by atoms with Crippen molar-refractivity contribution in [2.45, 2.75) is 0 Å². The highest BCUT2D eigenvalue weighted by Crippen LogP contribution is 2.13. The predicted molar refractivity (Wildman–Crippen MR) is 72.1 cm³/mol. The Hall–Kier alpha value is -3.29. The standard InChI is InChI=1S/C13H9N5O3/c19-12(9-6-16-18-4-3-14-7-11(9)18)17-8-1-2-15-10(5-8)13(20)21/h1-7H,(H,20,21)(H,15,17,19). The second kappa shape index (κ2) is 5.00. The van der Waals surface area contributed by atoms with Crippen molar-refractivity contribution in [1.29, 1.82) is 0 Å². The number of aromatic carboxylic acids is 1. The summed E-state index contributed by atoms with van der Waals surface area (Å²) in [6.45, 7) is 0. The fourth-order valence-electron chi connectivity index (χ4n) is 1.83. The van der Waals surface area contributed by atoms with Crippen LogP contribution in [-0.4, -0.2) is 36.6 Å². The van der Waals surface area contributed by atoms with Crippen LogP contribution in [0.1, 0.15) is 20.8 Å². The zero-order valence-corrected chi connectivity index (χ0v) is 10.6. The molecule has 0 atom stereocenters. The predicted octanol–water partition coefficient (Wildman–Crippen LogP) is 1.07. The van der Waals surface area contributed by atoms with Crippen LogP contribution in [-0.2, 0) is 0 Å². The lowest BCUT2D eigenvalue weighted by atomic mass is 10.2. The topological polar surface area (TPSA) is 109 Å². The molecule has 3 rings (SSSR count). The third-order valence-electron chi connectivity index (χ3n) is 2.81. The number of nitrogens with zero attached hydrogens (tertiary/aromatic N) is 4. The van der Waals surface area contributed by atoms with Gasteiger partial charge in [-0.25, -0.2) is 14.3 Å². The molecule has 0 radical (unpaired) electrons. The summed E-state index contributed by atoms with van der Waals surface area (Å²) in [5, 5.41) is 15.5. The van der Waals surface area contributed by atoms with Crippen LogP contribution < -0.4 is 5.32 Å². The van der Waals surface area contributed by atoms with Crippen LogP contribution in [0.4, 0.5) is 5.69 Å². The van der Waals surface area contributed by atoms with Gasteiger partial charge in [-0.3, -0.25) is 9.78 Å². The molecule has 8 nitrogen and oxygen atoms in total.